The molecule has 0 spiro atoms. The van der Waals surface area contributed by atoms with Crippen LogP contribution in [-0.2, 0) is 17.7 Å². The zero-order valence-corrected chi connectivity index (χ0v) is 11.7. The molecular weight excluding hydrogens is 238 g/mol. The van der Waals surface area contributed by atoms with Crippen LogP contribution in [0.3, 0.4) is 0 Å². The first kappa shape index (κ1) is 13.6. The van der Waals surface area contributed by atoms with Crippen LogP contribution in [0.1, 0.15) is 26.1 Å². The van der Waals surface area contributed by atoms with Gasteiger partial charge in [-0.05, 0) is 32.4 Å². The van der Waals surface area contributed by atoms with Crippen LogP contribution in [0.25, 0.3) is 11.0 Å². The first-order chi connectivity index (χ1) is 9.07. The van der Waals surface area contributed by atoms with E-state index in [0.29, 0.717) is 6.42 Å². The summed E-state index contributed by atoms with van der Waals surface area (Å²) in [5, 5.41) is 8.92. The van der Waals surface area contributed by atoms with Crippen molar-refractivity contribution in [2.45, 2.75) is 38.8 Å². The number of benzene rings is 1. The van der Waals surface area contributed by atoms with E-state index in [1.54, 1.807) is 7.11 Å². The van der Waals surface area contributed by atoms with Crippen LogP contribution in [-0.4, -0.2) is 22.3 Å². The highest BCUT2D eigenvalue weighted by molar-refractivity contribution is 5.75. The number of ether oxygens (including phenoxy) is 1. The average molecular weight is 257 g/mol. The predicted molar refractivity (Wildman–Crippen MR) is 74.8 cm³/mol. The Morgan fingerprint density at radius 1 is 1.37 bits per heavy atom. The van der Waals surface area contributed by atoms with Crippen LogP contribution in [0.5, 0.6) is 0 Å². The van der Waals surface area contributed by atoms with E-state index in [2.05, 4.69) is 29.5 Å². The maximum atomic E-state index is 8.92. The molecule has 100 valence electrons. The van der Waals surface area contributed by atoms with Crippen LogP contribution < -0.4 is 0 Å². The van der Waals surface area contributed by atoms with Gasteiger partial charge in [0.1, 0.15) is 5.82 Å². The van der Waals surface area contributed by atoms with E-state index in [0.717, 1.165) is 29.8 Å². The van der Waals surface area contributed by atoms with Gasteiger partial charge in [0, 0.05) is 13.7 Å². The molecule has 0 bridgehead atoms. The third-order valence-corrected chi connectivity index (χ3v) is 3.46. The van der Waals surface area contributed by atoms with Crippen LogP contribution in [0.2, 0.25) is 0 Å². The van der Waals surface area contributed by atoms with Gasteiger partial charge in [0.05, 0.1) is 29.1 Å². The number of methoxy groups -OCH3 is 1. The lowest BCUT2D eigenvalue weighted by atomic mass is 10.1. The Kier molecular flexibility index (Phi) is 3.87. The summed E-state index contributed by atoms with van der Waals surface area (Å²) in [6.07, 6.45) is 1.21. The number of nitrogens with zero attached hydrogens (tertiary/aromatic N) is 3. The van der Waals surface area contributed by atoms with Crippen molar-refractivity contribution in [2.24, 2.45) is 0 Å². The van der Waals surface area contributed by atoms with E-state index in [1.165, 1.54) is 0 Å². The van der Waals surface area contributed by atoms with Crippen molar-refractivity contribution in [3.8, 4) is 6.07 Å². The van der Waals surface area contributed by atoms with E-state index in [4.69, 9.17) is 10.00 Å². The van der Waals surface area contributed by atoms with Gasteiger partial charge in [-0.1, -0.05) is 12.1 Å². The van der Waals surface area contributed by atoms with Gasteiger partial charge in [0.2, 0.25) is 0 Å². The van der Waals surface area contributed by atoms with Crippen LogP contribution in [0.15, 0.2) is 24.3 Å². The molecule has 0 aliphatic carbocycles. The molecule has 2 aromatic rings. The standard InChI is InChI=1S/C15H19N3O/c1-15(2,19-3)9-11-18-13-7-5-4-6-12(13)17-14(18)8-10-16/h4-7H,8-9,11H2,1-3H3. The molecular formula is C15H19N3O. The minimum Gasteiger partial charge on any atom is -0.379 e. The lowest BCUT2D eigenvalue weighted by Gasteiger charge is -2.23. The minimum atomic E-state index is -0.171. The largest absolute Gasteiger partial charge is 0.379 e. The summed E-state index contributed by atoms with van der Waals surface area (Å²) in [6, 6.07) is 10.2. The summed E-state index contributed by atoms with van der Waals surface area (Å²) < 4.78 is 7.57. The molecule has 1 aromatic heterocycles. The highest BCUT2D eigenvalue weighted by Gasteiger charge is 2.18. The summed E-state index contributed by atoms with van der Waals surface area (Å²) in [5.74, 6) is 0.829. The molecule has 0 N–H and O–H groups in total. The Bertz CT molecular complexity index is 607. The van der Waals surface area contributed by atoms with Crippen molar-refractivity contribution >= 4 is 11.0 Å². The molecule has 19 heavy (non-hydrogen) atoms. The number of fused-ring (bicyclic) bond motifs is 1. The maximum absolute atomic E-state index is 8.92. The number of hydrogen-bond donors (Lipinski definition) is 0. The van der Waals surface area contributed by atoms with Gasteiger partial charge in [-0.2, -0.15) is 5.26 Å². The van der Waals surface area contributed by atoms with Crippen molar-refractivity contribution in [2.75, 3.05) is 7.11 Å². The highest BCUT2D eigenvalue weighted by atomic mass is 16.5. The summed E-state index contributed by atoms with van der Waals surface area (Å²) in [5.41, 5.74) is 1.86. The molecule has 0 aliphatic heterocycles. The molecule has 0 fully saturated rings. The summed E-state index contributed by atoms with van der Waals surface area (Å²) >= 11 is 0. The number of nitriles is 1. The minimum absolute atomic E-state index is 0.171. The number of aromatic nitrogens is 2. The predicted octanol–water partition coefficient (Wildman–Crippen LogP) is 2.92. The Hall–Kier alpha value is -1.86. The molecule has 1 aromatic carbocycles. The topological polar surface area (TPSA) is 50.8 Å². The van der Waals surface area contributed by atoms with Crippen molar-refractivity contribution in [3.63, 3.8) is 0 Å². The number of imidazole rings is 1. The fourth-order valence-electron chi connectivity index (χ4n) is 2.06. The van der Waals surface area contributed by atoms with Crippen molar-refractivity contribution in [1.82, 2.24) is 9.55 Å². The second kappa shape index (κ2) is 5.41. The second-order valence-electron chi connectivity index (χ2n) is 5.22. The van der Waals surface area contributed by atoms with Gasteiger partial charge >= 0.3 is 0 Å². The van der Waals surface area contributed by atoms with E-state index in [9.17, 15) is 0 Å². The normalized spacial score (nSPS) is 11.7. The molecule has 0 saturated heterocycles. The monoisotopic (exact) mass is 257 g/mol. The van der Waals surface area contributed by atoms with Gasteiger partial charge in [0.15, 0.2) is 0 Å². The van der Waals surface area contributed by atoms with Gasteiger partial charge in [-0.15, -0.1) is 0 Å². The maximum Gasteiger partial charge on any atom is 0.124 e. The molecule has 4 nitrogen and oxygen atoms in total. The average Bonchev–Trinajstić information content (AvgIpc) is 2.74. The van der Waals surface area contributed by atoms with Crippen molar-refractivity contribution < 1.29 is 4.74 Å². The van der Waals surface area contributed by atoms with Crippen LogP contribution in [0, 0.1) is 11.3 Å². The molecule has 2 rings (SSSR count). The molecule has 4 heteroatoms. The lowest BCUT2D eigenvalue weighted by Crippen LogP contribution is -2.24. The SMILES string of the molecule is COC(C)(C)CCn1c(CC#N)nc2ccccc21. The molecule has 0 unspecified atom stereocenters. The first-order valence-corrected chi connectivity index (χ1v) is 6.43. The zero-order valence-electron chi connectivity index (χ0n) is 11.7. The van der Waals surface area contributed by atoms with Gasteiger partial charge in [-0.25, -0.2) is 4.98 Å². The Labute approximate surface area is 113 Å². The molecule has 0 saturated carbocycles. The highest BCUT2D eigenvalue weighted by Crippen LogP contribution is 2.20. The Balaban J connectivity index is 2.34. The number of para-hydroxylation sites is 2. The first-order valence-electron chi connectivity index (χ1n) is 6.43. The molecule has 1 heterocycles. The molecule has 0 atom stereocenters. The number of rotatable bonds is 5. The van der Waals surface area contributed by atoms with E-state index in [-0.39, 0.29) is 5.60 Å². The Morgan fingerprint density at radius 3 is 2.79 bits per heavy atom. The number of aryl methyl sites for hydroxylation is 1. The zero-order chi connectivity index (χ0) is 13.9. The third-order valence-electron chi connectivity index (χ3n) is 3.46. The second-order valence-corrected chi connectivity index (χ2v) is 5.22. The van der Waals surface area contributed by atoms with Gasteiger partial charge in [-0.3, -0.25) is 0 Å². The quantitative estimate of drug-likeness (QED) is 0.827. The number of hydrogen-bond acceptors (Lipinski definition) is 3. The van der Waals surface area contributed by atoms with Crippen LogP contribution >= 0.6 is 0 Å². The fourth-order valence-corrected chi connectivity index (χ4v) is 2.06. The Morgan fingerprint density at radius 2 is 2.11 bits per heavy atom. The van der Waals surface area contributed by atoms with E-state index >= 15 is 0 Å². The third kappa shape index (κ3) is 2.94. The van der Waals surface area contributed by atoms with Gasteiger partial charge < -0.3 is 9.30 Å². The van der Waals surface area contributed by atoms with Crippen molar-refractivity contribution in [3.05, 3.63) is 30.1 Å². The molecule has 0 amide bonds. The van der Waals surface area contributed by atoms with E-state index < -0.39 is 0 Å². The molecule has 0 radical (unpaired) electrons. The molecule has 0 aliphatic rings. The summed E-state index contributed by atoms with van der Waals surface area (Å²) in [6.45, 7) is 4.94. The van der Waals surface area contributed by atoms with Crippen molar-refractivity contribution in [1.29, 1.82) is 5.26 Å². The summed E-state index contributed by atoms with van der Waals surface area (Å²) in [7, 11) is 1.72. The van der Waals surface area contributed by atoms with E-state index in [1.807, 2.05) is 24.3 Å². The smallest absolute Gasteiger partial charge is 0.124 e. The fraction of sp³-hybridized carbons (Fsp3) is 0.467. The summed E-state index contributed by atoms with van der Waals surface area (Å²) in [4.78, 5) is 4.53. The van der Waals surface area contributed by atoms with Crippen LogP contribution in [0.4, 0.5) is 0 Å². The lowest BCUT2D eigenvalue weighted by molar-refractivity contribution is 0.0121. The van der Waals surface area contributed by atoms with Gasteiger partial charge in [0.25, 0.3) is 0 Å².